The van der Waals surface area contributed by atoms with Crippen molar-refractivity contribution in [3.8, 4) is 11.5 Å². The summed E-state index contributed by atoms with van der Waals surface area (Å²) in [6, 6.07) is 3.62. The third-order valence-electron chi connectivity index (χ3n) is 4.70. The quantitative estimate of drug-likeness (QED) is 0.632. The van der Waals surface area contributed by atoms with Gasteiger partial charge in [-0.2, -0.15) is 5.10 Å². The van der Waals surface area contributed by atoms with E-state index in [1.165, 1.54) is 14.2 Å². The Bertz CT molecular complexity index is 923. The standard InChI is InChI=1S/C19H24N4O5S/c1-5-18(24)22-9-14-10-23(20-15(14)11-22)8-13-6-16(27-3)19(17(7-13)28-4)12(2)21-29(25)26/h6-7,10,21H,2,5,8-9,11H2,1,3-4H3,(H,25,26). The molecule has 1 aromatic heterocycles. The summed E-state index contributed by atoms with van der Waals surface area (Å²) in [6.45, 7) is 7.23. The smallest absolute Gasteiger partial charge is 0.259 e. The number of carbonyl (C=O) groups excluding carboxylic acids is 1. The van der Waals surface area contributed by atoms with Crippen molar-refractivity contribution in [3.63, 3.8) is 0 Å². The number of carbonyl (C=O) groups is 1. The Hall–Kier alpha value is -2.85. The first-order valence-corrected chi connectivity index (χ1v) is 10.1. The second kappa shape index (κ2) is 8.66. The van der Waals surface area contributed by atoms with Gasteiger partial charge < -0.3 is 14.4 Å². The zero-order valence-electron chi connectivity index (χ0n) is 16.6. The fourth-order valence-corrected chi connectivity index (χ4v) is 3.70. The average molecular weight is 420 g/mol. The number of rotatable bonds is 8. The van der Waals surface area contributed by atoms with E-state index in [2.05, 4.69) is 16.4 Å². The summed E-state index contributed by atoms with van der Waals surface area (Å²) in [4.78, 5) is 13.7. The maximum Gasteiger partial charge on any atom is 0.259 e. The minimum atomic E-state index is -2.26. The third kappa shape index (κ3) is 4.43. The van der Waals surface area contributed by atoms with Crippen LogP contribution >= 0.6 is 0 Å². The first-order valence-electron chi connectivity index (χ1n) is 9.00. The molecule has 1 aliphatic heterocycles. The van der Waals surface area contributed by atoms with Crippen molar-refractivity contribution < 1.29 is 23.0 Å². The van der Waals surface area contributed by atoms with E-state index in [1.54, 1.807) is 4.90 Å². The Labute approximate surface area is 171 Å². The lowest BCUT2D eigenvalue weighted by Gasteiger charge is -2.17. The number of ether oxygens (including phenoxy) is 2. The molecule has 2 aromatic rings. The number of nitrogens with zero attached hydrogens (tertiary/aromatic N) is 3. The molecule has 29 heavy (non-hydrogen) atoms. The van der Waals surface area contributed by atoms with Crippen molar-refractivity contribution in [1.82, 2.24) is 19.4 Å². The molecule has 10 heteroatoms. The molecular weight excluding hydrogens is 396 g/mol. The van der Waals surface area contributed by atoms with Crippen LogP contribution in [0.1, 0.15) is 35.7 Å². The van der Waals surface area contributed by atoms with Crippen LogP contribution in [-0.4, -0.2) is 43.6 Å². The van der Waals surface area contributed by atoms with Crippen LogP contribution in [0.2, 0.25) is 0 Å². The number of amides is 1. The van der Waals surface area contributed by atoms with Crippen LogP contribution in [0, 0.1) is 0 Å². The van der Waals surface area contributed by atoms with E-state index >= 15 is 0 Å². The molecular formula is C19H24N4O5S. The Kier molecular flexibility index (Phi) is 6.23. The SMILES string of the molecule is C=C(NS(=O)O)c1c(OC)cc(Cn2cc3c(n2)CN(C(=O)CC)C3)cc1OC. The molecule has 9 nitrogen and oxygen atoms in total. The van der Waals surface area contributed by atoms with Gasteiger partial charge in [0.25, 0.3) is 11.3 Å². The fourth-order valence-electron chi connectivity index (χ4n) is 3.39. The second-order valence-corrected chi connectivity index (χ2v) is 7.31. The zero-order chi connectivity index (χ0) is 21.1. The number of benzene rings is 1. The van der Waals surface area contributed by atoms with Crippen LogP contribution in [0.3, 0.4) is 0 Å². The van der Waals surface area contributed by atoms with Crippen molar-refractivity contribution in [2.75, 3.05) is 14.2 Å². The minimum absolute atomic E-state index is 0.122. The first-order chi connectivity index (χ1) is 13.9. The Morgan fingerprint density at radius 3 is 2.48 bits per heavy atom. The maximum absolute atomic E-state index is 11.9. The Balaban J connectivity index is 1.83. The van der Waals surface area contributed by atoms with Gasteiger partial charge in [-0.25, -0.2) is 4.21 Å². The van der Waals surface area contributed by atoms with E-state index < -0.39 is 11.3 Å². The van der Waals surface area contributed by atoms with Crippen LogP contribution in [0.5, 0.6) is 11.5 Å². The van der Waals surface area contributed by atoms with Gasteiger partial charge in [-0.05, 0) is 17.7 Å². The van der Waals surface area contributed by atoms with Gasteiger partial charge >= 0.3 is 0 Å². The number of methoxy groups -OCH3 is 2. The Morgan fingerprint density at radius 1 is 1.31 bits per heavy atom. The second-order valence-electron chi connectivity index (χ2n) is 6.61. The molecule has 0 aliphatic carbocycles. The lowest BCUT2D eigenvalue weighted by atomic mass is 10.1. The van der Waals surface area contributed by atoms with Crippen molar-refractivity contribution in [1.29, 1.82) is 0 Å². The van der Waals surface area contributed by atoms with Gasteiger partial charge in [0.1, 0.15) is 11.5 Å². The van der Waals surface area contributed by atoms with E-state index in [-0.39, 0.29) is 11.6 Å². The highest BCUT2D eigenvalue weighted by atomic mass is 32.2. The molecule has 1 atom stereocenters. The average Bonchev–Trinajstić information content (AvgIpc) is 3.24. The highest BCUT2D eigenvalue weighted by molar-refractivity contribution is 7.77. The summed E-state index contributed by atoms with van der Waals surface area (Å²) in [7, 11) is 3.01. The molecule has 2 heterocycles. The molecule has 1 aromatic carbocycles. The normalized spacial score (nSPS) is 13.7. The first kappa shape index (κ1) is 20.9. The third-order valence-corrected chi connectivity index (χ3v) is 5.13. The van der Waals surface area contributed by atoms with Crippen LogP contribution in [0.15, 0.2) is 24.9 Å². The van der Waals surface area contributed by atoms with E-state index in [1.807, 2.05) is 29.9 Å². The van der Waals surface area contributed by atoms with E-state index in [0.717, 1.165) is 16.8 Å². The largest absolute Gasteiger partial charge is 0.496 e. The topological polar surface area (TPSA) is 106 Å². The van der Waals surface area contributed by atoms with Gasteiger partial charge in [-0.15, -0.1) is 0 Å². The van der Waals surface area contributed by atoms with E-state index in [9.17, 15) is 9.00 Å². The van der Waals surface area contributed by atoms with E-state index in [4.69, 9.17) is 14.0 Å². The summed E-state index contributed by atoms with van der Waals surface area (Å²) in [6.07, 6.45) is 2.43. The lowest BCUT2D eigenvalue weighted by molar-refractivity contribution is -0.131. The number of aromatic nitrogens is 2. The summed E-state index contributed by atoms with van der Waals surface area (Å²) >= 11 is -2.26. The van der Waals surface area contributed by atoms with Crippen molar-refractivity contribution >= 4 is 22.9 Å². The molecule has 0 radical (unpaired) electrons. The number of fused-ring (bicyclic) bond motifs is 1. The molecule has 156 valence electrons. The van der Waals surface area contributed by atoms with Crippen LogP contribution in [-0.2, 0) is 35.7 Å². The van der Waals surface area contributed by atoms with Crippen LogP contribution in [0.4, 0.5) is 0 Å². The maximum atomic E-state index is 11.9. The molecule has 2 N–H and O–H groups in total. The number of nitrogens with one attached hydrogen (secondary N) is 1. The molecule has 1 aliphatic rings. The predicted molar refractivity (Wildman–Crippen MR) is 108 cm³/mol. The molecule has 0 bridgehead atoms. The molecule has 0 spiro atoms. The monoisotopic (exact) mass is 420 g/mol. The van der Waals surface area contributed by atoms with Gasteiger partial charge in [0, 0.05) is 24.7 Å². The van der Waals surface area contributed by atoms with E-state index in [0.29, 0.717) is 43.1 Å². The summed E-state index contributed by atoms with van der Waals surface area (Å²) in [5.41, 5.74) is 3.52. The predicted octanol–water partition coefficient (Wildman–Crippen LogP) is 1.90. The Morgan fingerprint density at radius 2 is 1.97 bits per heavy atom. The number of hydrogen-bond donors (Lipinski definition) is 2. The van der Waals surface area contributed by atoms with Gasteiger partial charge in [0.2, 0.25) is 5.91 Å². The molecule has 3 rings (SSSR count). The van der Waals surface area contributed by atoms with Crippen LogP contribution in [0.25, 0.3) is 5.70 Å². The van der Waals surface area contributed by atoms with Gasteiger partial charge in [0.05, 0.1) is 44.3 Å². The highest BCUT2D eigenvalue weighted by Gasteiger charge is 2.25. The number of hydrogen-bond acceptors (Lipinski definition) is 5. The minimum Gasteiger partial charge on any atom is -0.496 e. The fraction of sp³-hybridized carbons (Fsp3) is 0.368. The molecule has 0 saturated heterocycles. The van der Waals surface area contributed by atoms with Crippen LogP contribution < -0.4 is 14.2 Å². The molecule has 1 amide bonds. The molecule has 0 fully saturated rings. The summed E-state index contributed by atoms with van der Waals surface area (Å²) < 4.78 is 35.2. The van der Waals surface area contributed by atoms with Crippen molar-refractivity contribution in [3.05, 3.63) is 47.3 Å². The van der Waals surface area contributed by atoms with Gasteiger partial charge in [-0.1, -0.05) is 13.5 Å². The van der Waals surface area contributed by atoms with Gasteiger partial charge in [-0.3, -0.25) is 18.8 Å². The summed E-state index contributed by atoms with van der Waals surface area (Å²) in [5.74, 6) is 1.04. The van der Waals surface area contributed by atoms with Gasteiger partial charge in [0.15, 0.2) is 0 Å². The lowest BCUT2D eigenvalue weighted by Crippen LogP contribution is -2.24. The summed E-state index contributed by atoms with van der Waals surface area (Å²) in [5, 5.41) is 4.60. The highest BCUT2D eigenvalue weighted by Crippen LogP contribution is 2.35. The van der Waals surface area contributed by atoms with Crippen molar-refractivity contribution in [2.24, 2.45) is 0 Å². The molecule has 1 unspecified atom stereocenters. The molecule has 0 saturated carbocycles. The van der Waals surface area contributed by atoms with Crippen molar-refractivity contribution in [2.45, 2.75) is 33.0 Å². The zero-order valence-corrected chi connectivity index (χ0v) is 17.4.